The Hall–Kier alpha value is -1.78. The number of para-hydroxylation sites is 1. The van der Waals surface area contributed by atoms with E-state index in [1.54, 1.807) is 12.3 Å². The molecule has 0 saturated heterocycles. The van der Waals surface area contributed by atoms with E-state index >= 15 is 0 Å². The largest absolute Gasteiger partial charge is 0.309 e. The molecule has 0 aliphatic rings. The van der Waals surface area contributed by atoms with Crippen LogP contribution in [0.5, 0.6) is 0 Å². The zero-order valence-electron chi connectivity index (χ0n) is 11.5. The number of benzene rings is 2. The van der Waals surface area contributed by atoms with Crippen molar-refractivity contribution in [3.8, 4) is 0 Å². The number of hydrogen-bond donors (Lipinski definition) is 1. The molecule has 0 radical (unpaired) electrons. The Morgan fingerprint density at radius 1 is 1.14 bits per heavy atom. The fourth-order valence-electron chi connectivity index (χ4n) is 2.48. The van der Waals surface area contributed by atoms with Crippen LogP contribution in [0.15, 0.2) is 59.2 Å². The van der Waals surface area contributed by atoms with E-state index in [2.05, 4.69) is 26.2 Å². The molecule has 1 atom stereocenters. The predicted molar refractivity (Wildman–Crippen MR) is 86.7 cm³/mol. The van der Waals surface area contributed by atoms with Crippen LogP contribution < -0.4 is 5.32 Å². The van der Waals surface area contributed by atoms with Crippen molar-refractivity contribution in [1.29, 1.82) is 0 Å². The van der Waals surface area contributed by atoms with Crippen LogP contribution in [0.3, 0.4) is 0 Å². The second kappa shape index (κ2) is 5.92. The second-order valence-corrected chi connectivity index (χ2v) is 5.76. The normalized spacial score (nSPS) is 12.5. The first-order chi connectivity index (χ1) is 10.2. The summed E-state index contributed by atoms with van der Waals surface area (Å²) in [6, 6.07) is 14.8. The van der Waals surface area contributed by atoms with Crippen molar-refractivity contribution < 1.29 is 4.39 Å². The molecule has 3 rings (SSSR count). The number of hydrogen-bond acceptors (Lipinski definition) is 2. The molecule has 0 fully saturated rings. The van der Waals surface area contributed by atoms with E-state index in [1.165, 1.54) is 6.07 Å². The Morgan fingerprint density at radius 2 is 1.95 bits per heavy atom. The summed E-state index contributed by atoms with van der Waals surface area (Å²) < 4.78 is 14.9. The molecule has 0 spiro atoms. The van der Waals surface area contributed by atoms with E-state index in [4.69, 9.17) is 0 Å². The van der Waals surface area contributed by atoms with Gasteiger partial charge in [-0.15, -0.1) is 0 Å². The lowest BCUT2D eigenvalue weighted by molar-refractivity contribution is 0.575. The molecule has 0 aliphatic heterocycles. The quantitative estimate of drug-likeness (QED) is 0.759. The highest BCUT2D eigenvalue weighted by molar-refractivity contribution is 9.10. The van der Waals surface area contributed by atoms with Crippen LogP contribution in [0.2, 0.25) is 0 Å². The molecule has 0 saturated carbocycles. The van der Waals surface area contributed by atoms with Gasteiger partial charge in [-0.05, 0) is 36.9 Å². The zero-order valence-corrected chi connectivity index (χ0v) is 13.1. The maximum Gasteiger partial charge on any atom is 0.129 e. The van der Waals surface area contributed by atoms with Crippen LogP contribution in [0.4, 0.5) is 4.39 Å². The summed E-state index contributed by atoms with van der Waals surface area (Å²) in [5.41, 5.74) is 2.49. The first-order valence-corrected chi connectivity index (χ1v) is 7.45. The summed E-state index contributed by atoms with van der Waals surface area (Å²) in [4.78, 5) is 4.45. The number of fused-ring (bicyclic) bond motifs is 1. The third kappa shape index (κ3) is 2.82. The monoisotopic (exact) mass is 344 g/mol. The maximum atomic E-state index is 14.2. The number of nitrogens with one attached hydrogen (secondary N) is 1. The topological polar surface area (TPSA) is 24.9 Å². The standard InChI is InChI=1S/C17H14BrFN2/c1-20-17(14-7-6-13(18)9-15(14)19)12-8-11-4-2-3-5-16(11)21-10-12/h2-10,17,20H,1H3. The van der Waals surface area contributed by atoms with Crippen LogP contribution in [0.1, 0.15) is 17.2 Å². The molecule has 1 aromatic heterocycles. The van der Waals surface area contributed by atoms with Gasteiger partial charge in [-0.3, -0.25) is 4.98 Å². The van der Waals surface area contributed by atoms with Gasteiger partial charge in [-0.2, -0.15) is 0 Å². The summed E-state index contributed by atoms with van der Waals surface area (Å²) in [6.45, 7) is 0. The molecule has 4 heteroatoms. The summed E-state index contributed by atoms with van der Waals surface area (Å²) in [7, 11) is 1.82. The average Bonchev–Trinajstić information content (AvgIpc) is 2.50. The third-order valence-electron chi connectivity index (χ3n) is 3.51. The molecule has 2 aromatic carbocycles. The Morgan fingerprint density at radius 3 is 2.71 bits per heavy atom. The van der Waals surface area contributed by atoms with Gasteiger partial charge in [-0.25, -0.2) is 4.39 Å². The van der Waals surface area contributed by atoms with Gasteiger partial charge in [0, 0.05) is 21.6 Å². The van der Waals surface area contributed by atoms with Crippen molar-refractivity contribution in [2.24, 2.45) is 0 Å². The van der Waals surface area contributed by atoms with E-state index in [9.17, 15) is 4.39 Å². The third-order valence-corrected chi connectivity index (χ3v) is 4.00. The molecule has 106 valence electrons. The maximum absolute atomic E-state index is 14.2. The summed E-state index contributed by atoms with van der Waals surface area (Å²) >= 11 is 3.28. The minimum Gasteiger partial charge on any atom is -0.309 e. The SMILES string of the molecule is CNC(c1cnc2ccccc2c1)c1ccc(Br)cc1F. The highest BCUT2D eigenvalue weighted by atomic mass is 79.9. The smallest absolute Gasteiger partial charge is 0.129 e. The molecule has 1 N–H and O–H groups in total. The van der Waals surface area contributed by atoms with Crippen LogP contribution in [-0.2, 0) is 0 Å². The molecule has 2 nitrogen and oxygen atoms in total. The van der Waals surface area contributed by atoms with Crippen molar-refractivity contribution in [1.82, 2.24) is 10.3 Å². The number of rotatable bonds is 3. The van der Waals surface area contributed by atoms with E-state index in [1.807, 2.05) is 43.4 Å². The lowest BCUT2D eigenvalue weighted by Gasteiger charge is -2.18. The van der Waals surface area contributed by atoms with Crippen molar-refractivity contribution >= 4 is 26.8 Å². The van der Waals surface area contributed by atoms with Crippen LogP contribution in [-0.4, -0.2) is 12.0 Å². The number of halogens is 2. The molecule has 21 heavy (non-hydrogen) atoms. The first-order valence-electron chi connectivity index (χ1n) is 6.66. The molecule has 3 aromatic rings. The van der Waals surface area contributed by atoms with Crippen molar-refractivity contribution in [3.05, 3.63) is 76.1 Å². The molecule has 1 heterocycles. The number of pyridine rings is 1. The zero-order chi connectivity index (χ0) is 14.8. The van der Waals surface area contributed by atoms with E-state index in [0.717, 1.165) is 20.9 Å². The Kier molecular flexibility index (Phi) is 3.99. The molecule has 0 bridgehead atoms. The molecular formula is C17H14BrFN2. The van der Waals surface area contributed by atoms with Gasteiger partial charge in [0.2, 0.25) is 0 Å². The van der Waals surface area contributed by atoms with E-state index < -0.39 is 0 Å². The summed E-state index contributed by atoms with van der Waals surface area (Å²) in [5.74, 6) is -0.239. The summed E-state index contributed by atoms with van der Waals surface area (Å²) in [5, 5.41) is 4.21. The fraction of sp³-hybridized carbons (Fsp3) is 0.118. The number of aromatic nitrogens is 1. The van der Waals surface area contributed by atoms with Gasteiger partial charge >= 0.3 is 0 Å². The Balaban J connectivity index is 2.09. The molecular weight excluding hydrogens is 331 g/mol. The minimum atomic E-state index is -0.239. The van der Waals surface area contributed by atoms with Crippen LogP contribution >= 0.6 is 15.9 Å². The van der Waals surface area contributed by atoms with Gasteiger partial charge in [0.25, 0.3) is 0 Å². The Labute approximate surface area is 131 Å². The van der Waals surface area contributed by atoms with E-state index in [-0.39, 0.29) is 11.9 Å². The molecule has 0 aliphatic carbocycles. The predicted octanol–water partition coefficient (Wildman–Crippen LogP) is 4.45. The van der Waals surface area contributed by atoms with Crippen LogP contribution in [0.25, 0.3) is 10.9 Å². The van der Waals surface area contributed by atoms with Gasteiger partial charge in [0.05, 0.1) is 11.6 Å². The average molecular weight is 345 g/mol. The van der Waals surface area contributed by atoms with Gasteiger partial charge in [-0.1, -0.05) is 40.2 Å². The van der Waals surface area contributed by atoms with Gasteiger partial charge in [0.1, 0.15) is 5.82 Å². The minimum absolute atomic E-state index is 0.227. The number of nitrogens with zero attached hydrogens (tertiary/aromatic N) is 1. The van der Waals surface area contributed by atoms with Crippen LogP contribution in [0, 0.1) is 5.82 Å². The fourth-order valence-corrected chi connectivity index (χ4v) is 2.82. The molecule has 1 unspecified atom stereocenters. The van der Waals surface area contributed by atoms with Gasteiger partial charge < -0.3 is 5.32 Å². The van der Waals surface area contributed by atoms with E-state index in [0.29, 0.717) is 5.56 Å². The highest BCUT2D eigenvalue weighted by Crippen LogP contribution is 2.27. The lowest BCUT2D eigenvalue weighted by Crippen LogP contribution is -2.19. The highest BCUT2D eigenvalue weighted by Gasteiger charge is 2.17. The second-order valence-electron chi connectivity index (χ2n) is 4.85. The lowest BCUT2D eigenvalue weighted by atomic mass is 9.98. The Bertz CT molecular complexity index is 789. The van der Waals surface area contributed by atoms with Crippen molar-refractivity contribution in [3.63, 3.8) is 0 Å². The first kappa shape index (κ1) is 14.2. The van der Waals surface area contributed by atoms with Crippen molar-refractivity contribution in [2.45, 2.75) is 6.04 Å². The summed E-state index contributed by atoms with van der Waals surface area (Å²) in [6.07, 6.45) is 1.80. The van der Waals surface area contributed by atoms with Gasteiger partial charge in [0.15, 0.2) is 0 Å². The van der Waals surface area contributed by atoms with Crippen molar-refractivity contribution in [2.75, 3.05) is 7.05 Å². The molecule has 0 amide bonds.